The van der Waals surface area contributed by atoms with E-state index in [1.165, 1.54) is 0 Å². The molecule has 0 amide bonds. The second-order valence-corrected chi connectivity index (χ2v) is 4.01. The highest BCUT2D eigenvalue weighted by molar-refractivity contribution is 6.31. The number of nitrogens with one attached hydrogen (secondary N) is 2. The van der Waals surface area contributed by atoms with Crippen molar-refractivity contribution < 1.29 is 0 Å². The van der Waals surface area contributed by atoms with Gasteiger partial charge in [-0.2, -0.15) is 0 Å². The van der Waals surface area contributed by atoms with Crippen LogP contribution in [0.2, 0.25) is 5.02 Å². The third-order valence-electron chi connectivity index (χ3n) is 2.32. The maximum absolute atomic E-state index is 5.91. The second kappa shape index (κ2) is 4.45. The number of benzene rings is 1. The fourth-order valence-electron chi connectivity index (χ4n) is 1.47. The molecule has 2 rings (SSSR count). The van der Waals surface area contributed by atoms with E-state index in [1.807, 2.05) is 6.92 Å². The van der Waals surface area contributed by atoms with E-state index < -0.39 is 0 Å². The van der Waals surface area contributed by atoms with Gasteiger partial charge in [-0.15, -0.1) is 0 Å². The van der Waals surface area contributed by atoms with E-state index in [2.05, 4.69) is 15.3 Å². The van der Waals surface area contributed by atoms with Gasteiger partial charge in [0.25, 0.3) is 0 Å². The third-order valence-corrected chi connectivity index (χ3v) is 2.55. The summed E-state index contributed by atoms with van der Waals surface area (Å²) in [6.07, 6.45) is 3.50. The first-order chi connectivity index (χ1) is 7.66. The molecule has 1 aromatic carbocycles. The highest BCUT2D eigenvalue weighted by Gasteiger charge is 2.09. The Morgan fingerprint density at radius 1 is 1.50 bits per heavy atom. The van der Waals surface area contributed by atoms with Crippen LogP contribution < -0.4 is 11.1 Å². The van der Waals surface area contributed by atoms with Crippen LogP contribution in [-0.2, 0) is 0 Å². The molecule has 1 atom stereocenters. The number of hydrogen-bond donors (Lipinski definition) is 3. The van der Waals surface area contributed by atoms with E-state index in [-0.39, 0.29) is 6.04 Å². The van der Waals surface area contributed by atoms with Crippen molar-refractivity contribution >= 4 is 23.0 Å². The Balaban J connectivity index is 2.17. The SMILES string of the molecule is CC(Nc1cc(Cl)ccc1N)c1ncc[nH]1. The third kappa shape index (κ3) is 2.28. The average molecular weight is 237 g/mol. The summed E-state index contributed by atoms with van der Waals surface area (Å²) in [6.45, 7) is 2.00. The molecule has 4 nitrogen and oxygen atoms in total. The maximum Gasteiger partial charge on any atom is 0.128 e. The number of aromatic nitrogens is 2. The normalized spacial score (nSPS) is 12.4. The molecule has 0 aliphatic rings. The zero-order valence-electron chi connectivity index (χ0n) is 8.87. The molecule has 0 bridgehead atoms. The molecule has 84 valence electrons. The molecular weight excluding hydrogens is 224 g/mol. The van der Waals surface area contributed by atoms with Crippen LogP contribution in [0.4, 0.5) is 11.4 Å². The van der Waals surface area contributed by atoms with Crippen molar-refractivity contribution in [2.45, 2.75) is 13.0 Å². The van der Waals surface area contributed by atoms with Gasteiger partial charge in [0.15, 0.2) is 0 Å². The predicted molar refractivity (Wildman–Crippen MR) is 66.5 cm³/mol. The molecule has 0 radical (unpaired) electrons. The van der Waals surface area contributed by atoms with E-state index in [0.29, 0.717) is 10.7 Å². The van der Waals surface area contributed by atoms with E-state index in [0.717, 1.165) is 11.5 Å². The maximum atomic E-state index is 5.91. The van der Waals surface area contributed by atoms with Gasteiger partial charge in [-0.25, -0.2) is 4.98 Å². The summed E-state index contributed by atoms with van der Waals surface area (Å²) in [4.78, 5) is 7.22. The number of rotatable bonds is 3. The summed E-state index contributed by atoms with van der Waals surface area (Å²) < 4.78 is 0. The van der Waals surface area contributed by atoms with Gasteiger partial charge in [0.2, 0.25) is 0 Å². The lowest BCUT2D eigenvalue weighted by Gasteiger charge is -2.15. The molecule has 1 unspecified atom stereocenters. The van der Waals surface area contributed by atoms with Crippen LogP contribution in [0.3, 0.4) is 0 Å². The van der Waals surface area contributed by atoms with Gasteiger partial charge < -0.3 is 16.0 Å². The van der Waals surface area contributed by atoms with Crippen LogP contribution in [0.15, 0.2) is 30.6 Å². The van der Waals surface area contributed by atoms with Crippen molar-refractivity contribution in [2.75, 3.05) is 11.1 Å². The number of nitrogens with two attached hydrogens (primary N) is 1. The fourth-order valence-corrected chi connectivity index (χ4v) is 1.64. The first-order valence-electron chi connectivity index (χ1n) is 4.97. The van der Waals surface area contributed by atoms with E-state index in [9.17, 15) is 0 Å². The van der Waals surface area contributed by atoms with Gasteiger partial charge in [0.05, 0.1) is 17.4 Å². The van der Waals surface area contributed by atoms with Gasteiger partial charge >= 0.3 is 0 Å². The molecule has 1 aromatic heterocycles. The Morgan fingerprint density at radius 2 is 2.31 bits per heavy atom. The highest BCUT2D eigenvalue weighted by Crippen LogP contribution is 2.26. The van der Waals surface area contributed by atoms with E-state index in [1.54, 1.807) is 30.6 Å². The molecule has 1 heterocycles. The average Bonchev–Trinajstić information content (AvgIpc) is 2.76. The number of anilines is 2. The number of aromatic amines is 1. The number of nitrogens with zero attached hydrogens (tertiary/aromatic N) is 1. The molecule has 0 aliphatic heterocycles. The lowest BCUT2D eigenvalue weighted by atomic mass is 10.2. The smallest absolute Gasteiger partial charge is 0.128 e. The quantitative estimate of drug-likeness (QED) is 0.718. The minimum Gasteiger partial charge on any atom is -0.397 e. The van der Waals surface area contributed by atoms with Crippen molar-refractivity contribution in [2.24, 2.45) is 0 Å². The van der Waals surface area contributed by atoms with Crippen molar-refractivity contribution in [3.05, 3.63) is 41.4 Å². The summed E-state index contributed by atoms with van der Waals surface area (Å²) in [6, 6.07) is 5.39. The first-order valence-corrected chi connectivity index (χ1v) is 5.35. The van der Waals surface area contributed by atoms with Crippen molar-refractivity contribution in [3.8, 4) is 0 Å². The highest BCUT2D eigenvalue weighted by atomic mass is 35.5. The summed E-state index contributed by atoms with van der Waals surface area (Å²) in [5, 5.41) is 3.91. The predicted octanol–water partition coefficient (Wildman–Crippen LogP) is 2.82. The van der Waals surface area contributed by atoms with Gasteiger partial charge in [-0.05, 0) is 25.1 Å². The minimum absolute atomic E-state index is 0.0516. The zero-order valence-corrected chi connectivity index (χ0v) is 9.62. The number of nitrogen functional groups attached to an aromatic ring is 1. The number of H-pyrrole nitrogens is 1. The summed E-state index contributed by atoms with van der Waals surface area (Å²) >= 11 is 5.91. The van der Waals surface area contributed by atoms with Gasteiger partial charge in [0.1, 0.15) is 5.82 Å². The van der Waals surface area contributed by atoms with Crippen LogP contribution in [-0.4, -0.2) is 9.97 Å². The first kappa shape index (κ1) is 10.8. The Morgan fingerprint density at radius 3 is 3.00 bits per heavy atom. The molecule has 5 heteroatoms. The summed E-state index contributed by atoms with van der Waals surface area (Å²) in [5.74, 6) is 0.861. The van der Waals surface area contributed by atoms with Crippen molar-refractivity contribution in [3.63, 3.8) is 0 Å². The molecule has 0 aliphatic carbocycles. The molecule has 0 fully saturated rings. The van der Waals surface area contributed by atoms with Gasteiger partial charge in [-0.3, -0.25) is 0 Å². The van der Waals surface area contributed by atoms with Crippen LogP contribution in [0, 0.1) is 0 Å². The van der Waals surface area contributed by atoms with Gasteiger partial charge in [-0.1, -0.05) is 11.6 Å². The molecule has 0 spiro atoms. The lowest BCUT2D eigenvalue weighted by molar-refractivity contribution is 0.811. The topological polar surface area (TPSA) is 66.7 Å². The number of imidazole rings is 1. The van der Waals surface area contributed by atoms with Crippen LogP contribution in [0.1, 0.15) is 18.8 Å². The van der Waals surface area contributed by atoms with Crippen molar-refractivity contribution in [1.29, 1.82) is 0 Å². The Hall–Kier alpha value is -1.68. The fraction of sp³-hybridized carbons (Fsp3) is 0.182. The van der Waals surface area contributed by atoms with Crippen LogP contribution in [0.25, 0.3) is 0 Å². The molecule has 16 heavy (non-hydrogen) atoms. The van der Waals surface area contributed by atoms with E-state index in [4.69, 9.17) is 17.3 Å². The van der Waals surface area contributed by atoms with Crippen molar-refractivity contribution in [1.82, 2.24) is 9.97 Å². The molecule has 0 saturated heterocycles. The molecule has 2 aromatic rings. The molecule has 4 N–H and O–H groups in total. The Bertz CT molecular complexity index is 467. The Kier molecular flexibility index (Phi) is 3.01. The standard InChI is InChI=1S/C11H13ClN4/c1-7(11-14-4-5-15-11)16-10-6-8(12)2-3-9(10)13/h2-7,16H,13H2,1H3,(H,14,15). The molecular formula is C11H13ClN4. The van der Waals surface area contributed by atoms with Crippen LogP contribution in [0.5, 0.6) is 0 Å². The monoisotopic (exact) mass is 236 g/mol. The Labute approximate surface area is 98.8 Å². The largest absolute Gasteiger partial charge is 0.397 e. The van der Waals surface area contributed by atoms with E-state index >= 15 is 0 Å². The van der Waals surface area contributed by atoms with Gasteiger partial charge in [0, 0.05) is 17.4 Å². The lowest BCUT2D eigenvalue weighted by Crippen LogP contribution is -2.09. The minimum atomic E-state index is 0.0516. The zero-order chi connectivity index (χ0) is 11.5. The summed E-state index contributed by atoms with van der Waals surface area (Å²) in [7, 11) is 0. The van der Waals surface area contributed by atoms with Crippen LogP contribution >= 0.6 is 11.6 Å². The molecule has 0 saturated carbocycles. The summed E-state index contributed by atoms with van der Waals surface area (Å²) in [5.41, 5.74) is 7.32. The number of hydrogen-bond acceptors (Lipinski definition) is 3. The number of halogens is 1. The second-order valence-electron chi connectivity index (χ2n) is 3.57.